The van der Waals surface area contributed by atoms with Gasteiger partial charge in [-0.1, -0.05) is 24.4 Å². The first kappa shape index (κ1) is 8.77. The van der Waals surface area contributed by atoms with E-state index in [2.05, 4.69) is 12.6 Å². The fraction of sp³-hybridized carbons (Fsp3) is 0. The zero-order chi connectivity index (χ0) is 8.43. The first-order valence-corrected chi connectivity index (χ1v) is 4.15. The van der Waals surface area contributed by atoms with Gasteiger partial charge in [0.15, 0.2) is 5.78 Å². The van der Waals surface area contributed by atoms with Gasteiger partial charge in [0.05, 0.1) is 9.73 Å². The normalized spacial score (nSPS) is 21.5. The summed E-state index contributed by atoms with van der Waals surface area (Å²) >= 11 is 13.6. The standard InChI is InChI=1S/C7H4OS3/c8-5-1-2-6(10)7(11)4(5)3-9/h1-3,9H. The third-order valence-electron chi connectivity index (χ3n) is 1.25. The highest BCUT2D eigenvalue weighted by Crippen LogP contribution is 2.11. The van der Waals surface area contributed by atoms with Crippen LogP contribution < -0.4 is 0 Å². The van der Waals surface area contributed by atoms with Crippen LogP contribution in [0.15, 0.2) is 23.1 Å². The summed E-state index contributed by atoms with van der Waals surface area (Å²) in [5, 5.41) is 1.39. The summed E-state index contributed by atoms with van der Waals surface area (Å²) in [6.07, 6.45) is 2.95. The lowest BCUT2D eigenvalue weighted by Crippen LogP contribution is -2.19. The van der Waals surface area contributed by atoms with Gasteiger partial charge in [-0.25, -0.2) is 0 Å². The molecular weight excluding hydrogens is 196 g/mol. The molecule has 0 atom stereocenters. The maximum Gasteiger partial charge on any atom is 0.187 e. The highest BCUT2D eigenvalue weighted by atomic mass is 32.1. The molecule has 1 aliphatic rings. The number of carbonyl (C=O) groups is 1. The van der Waals surface area contributed by atoms with E-state index < -0.39 is 0 Å². The summed E-state index contributed by atoms with van der Waals surface area (Å²) in [6.45, 7) is 0. The van der Waals surface area contributed by atoms with Gasteiger partial charge in [-0.05, 0) is 17.6 Å². The molecule has 0 aromatic carbocycles. The Bertz CT molecular complexity index is 299. The molecule has 0 fully saturated rings. The summed E-state index contributed by atoms with van der Waals surface area (Å²) in [4.78, 5) is 12.0. The van der Waals surface area contributed by atoms with Crippen molar-refractivity contribution < 1.29 is 4.79 Å². The van der Waals surface area contributed by atoms with Gasteiger partial charge in [-0.15, -0.1) is 0 Å². The molecule has 0 heterocycles. The minimum Gasteiger partial charge on any atom is -0.289 e. The topological polar surface area (TPSA) is 17.1 Å². The van der Waals surface area contributed by atoms with Crippen LogP contribution in [0, 0.1) is 0 Å². The van der Waals surface area contributed by atoms with Crippen molar-refractivity contribution >= 4 is 52.6 Å². The fourth-order valence-electron chi connectivity index (χ4n) is 0.684. The van der Waals surface area contributed by atoms with E-state index in [-0.39, 0.29) is 5.78 Å². The van der Waals surface area contributed by atoms with Crippen molar-refractivity contribution in [2.75, 3.05) is 0 Å². The van der Waals surface area contributed by atoms with E-state index >= 15 is 0 Å². The third kappa shape index (κ3) is 1.64. The van der Waals surface area contributed by atoms with Gasteiger partial charge in [-0.2, -0.15) is 12.6 Å². The molecule has 0 aromatic heterocycles. The average Bonchev–Trinajstić information content (AvgIpc) is 1.99. The maximum absolute atomic E-state index is 11.0. The Morgan fingerprint density at radius 3 is 2.45 bits per heavy atom. The summed E-state index contributed by atoms with van der Waals surface area (Å²) in [5.41, 5.74) is 0.413. The second-order valence-electron chi connectivity index (χ2n) is 1.93. The van der Waals surface area contributed by atoms with Crippen molar-refractivity contribution in [2.24, 2.45) is 0 Å². The SMILES string of the molecule is O=C1C=CC(=S)C(=S)C1=CS. The van der Waals surface area contributed by atoms with Crippen molar-refractivity contribution in [3.63, 3.8) is 0 Å². The smallest absolute Gasteiger partial charge is 0.187 e. The highest BCUT2D eigenvalue weighted by Gasteiger charge is 2.18. The lowest BCUT2D eigenvalue weighted by Gasteiger charge is -2.07. The number of allylic oxidation sites excluding steroid dienone is 3. The van der Waals surface area contributed by atoms with Crippen molar-refractivity contribution in [1.82, 2.24) is 0 Å². The van der Waals surface area contributed by atoms with E-state index in [1.165, 1.54) is 11.5 Å². The Balaban J connectivity index is 3.17. The Morgan fingerprint density at radius 1 is 1.36 bits per heavy atom. The third-order valence-corrected chi connectivity index (χ3v) is 2.42. The number of thiol groups is 1. The largest absolute Gasteiger partial charge is 0.289 e. The molecule has 0 N–H and O–H groups in total. The molecule has 0 saturated carbocycles. The number of thiocarbonyl (C=S) groups is 2. The number of hydrogen-bond donors (Lipinski definition) is 1. The van der Waals surface area contributed by atoms with Crippen molar-refractivity contribution in [1.29, 1.82) is 0 Å². The zero-order valence-electron chi connectivity index (χ0n) is 5.40. The van der Waals surface area contributed by atoms with Gasteiger partial charge >= 0.3 is 0 Å². The average molecular weight is 200 g/mol. The van der Waals surface area contributed by atoms with Gasteiger partial charge in [-0.3, -0.25) is 4.79 Å². The highest BCUT2D eigenvalue weighted by molar-refractivity contribution is 7.90. The van der Waals surface area contributed by atoms with Gasteiger partial charge in [0, 0.05) is 5.57 Å². The molecule has 0 saturated heterocycles. The predicted molar refractivity (Wildman–Crippen MR) is 56.4 cm³/mol. The summed E-state index contributed by atoms with van der Waals surface area (Å²) in [7, 11) is 0. The Morgan fingerprint density at radius 2 is 2.00 bits per heavy atom. The van der Waals surface area contributed by atoms with E-state index in [1.807, 2.05) is 0 Å². The van der Waals surface area contributed by atoms with E-state index in [0.717, 1.165) is 0 Å². The quantitative estimate of drug-likeness (QED) is 0.364. The van der Waals surface area contributed by atoms with E-state index in [1.54, 1.807) is 6.08 Å². The maximum atomic E-state index is 11.0. The van der Waals surface area contributed by atoms with E-state index in [4.69, 9.17) is 24.4 Å². The minimum atomic E-state index is -0.126. The molecular formula is C7H4OS3. The lowest BCUT2D eigenvalue weighted by atomic mass is 10.0. The van der Waals surface area contributed by atoms with Crippen LogP contribution in [0.25, 0.3) is 0 Å². The molecule has 0 unspecified atom stereocenters. The molecule has 0 aromatic rings. The molecule has 0 radical (unpaired) electrons. The summed E-state index contributed by atoms with van der Waals surface area (Å²) in [5.74, 6) is -0.126. The molecule has 1 rings (SSSR count). The number of carbonyl (C=O) groups excluding carboxylic acids is 1. The summed E-state index contributed by atoms with van der Waals surface area (Å²) < 4.78 is 0. The Labute approximate surface area is 80.6 Å². The Kier molecular flexibility index (Phi) is 2.70. The van der Waals surface area contributed by atoms with Crippen LogP contribution in [0.3, 0.4) is 0 Å². The van der Waals surface area contributed by atoms with Gasteiger partial charge in [0.2, 0.25) is 0 Å². The first-order valence-electron chi connectivity index (χ1n) is 2.82. The monoisotopic (exact) mass is 200 g/mol. The second kappa shape index (κ2) is 3.38. The van der Waals surface area contributed by atoms with E-state index in [0.29, 0.717) is 15.3 Å². The van der Waals surface area contributed by atoms with Crippen LogP contribution in [-0.4, -0.2) is 15.5 Å². The molecule has 0 spiro atoms. The minimum absolute atomic E-state index is 0.126. The lowest BCUT2D eigenvalue weighted by molar-refractivity contribution is -0.110. The number of rotatable bonds is 0. The van der Waals surface area contributed by atoms with Crippen molar-refractivity contribution in [3.05, 3.63) is 23.1 Å². The molecule has 11 heavy (non-hydrogen) atoms. The van der Waals surface area contributed by atoms with E-state index in [9.17, 15) is 4.79 Å². The molecule has 1 aliphatic carbocycles. The number of ketones is 1. The van der Waals surface area contributed by atoms with Gasteiger partial charge < -0.3 is 0 Å². The van der Waals surface area contributed by atoms with Crippen molar-refractivity contribution in [2.45, 2.75) is 0 Å². The molecule has 4 heteroatoms. The zero-order valence-corrected chi connectivity index (χ0v) is 7.93. The van der Waals surface area contributed by atoms with Crippen molar-refractivity contribution in [3.8, 4) is 0 Å². The van der Waals surface area contributed by atoms with Crippen LogP contribution in [0.4, 0.5) is 0 Å². The van der Waals surface area contributed by atoms with Crippen LogP contribution in [0.2, 0.25) is 0 Å². The molecule has 1 nitrogen and oxygen atoms in total. The Hall–Kier alpha value is -0.320. The summed E-state index contributed by atoms with van der Waals surface area (Å²) in [6, 6.07) is 0. The fourth-order valence-corrected chi connectivity index (χ4v) is 1.43. The van der Waals surface area contributed by atoms with Crippen LogP contribution in [0.1, 0.15) is 0 Å². The van der Waals surface area contributed by atoms with Crippen LogP contribution >= 0.6 is 37.1 Å². The van der Waals surface area contributed by atoms with Crippen LogP contribution in [-0.2, 0) is 4.79 Å². The predicted octanol–water partition coefficient (Wildman–Crippen LogP) is 1.68. The number of hydrogen-bond acceptors (Lipinski definition) is 4. The molecule has 0 bridgehead atoms. The van der Waals surface area contributed by atoms with Crippen LogP contribution in [0.5, 0.6) is 0 Å². The van der Waals surface area contributed by atoms with Gasteiger partial charge in [0.25, 0.3) is 0 Å². The molecule has 56 valence electrons. The molecule has 0 aliphatic heterocycles. The van der Waals surface area contributed by atoms with Gasteiger partial charge in [0.1, 0.15) is 0 Å². The second-order valence-corrected chi connectivity index (χ2v) is 3.04. The molecule has 0 amide bonds. The first-order chi connectivity index (χ1) is 5.16.